The summed E-state index contributed by atoms with van der Waals surface area (Å²) in [5, 5.41) is -1.44. The van der Waals surface area contributed by atoms with Crippen LogP contribution in [0.4, 0.5) is 0 Å². The Labute approximate surface area is 192 Å². The van der Waals surface area contributed by atoms with Crippen LogP contribution < -0.4 is 4.72 Å². The van der Waals surface area contributed by atoms with Crippen LogP contribution in [0.25, 0.3) is 0 Å². The highest BCUT2D eigenvalue weighted by molar-refractivity contribution is 7.90. The second-order valence-corrected chi connectivity index (χ2v) is 12.6. The summed E-state index contributed by atoms with van der Waals surface area (Å²) >= 11 is 18.0. The van der Waals surface area contributed by atoms with Gasteiger partial charge in [-0.3, -0.25) is 4.18 Å². The van der Waals surface area contributed by atoms with E-state index in [-0.39, 0.29) is 17.9 Å². The van der Waals surface area contributed by atoms with Gasteiger partial charge in [-0.25, -0.2) is 13.1 Å². The van der Waals surface area contributed by atoms with Gasteiger partial charge in [0.2, 0.25) is 13.8 Å². The molecule has 0 saturated heterocycles. The Kier molecular flexibility index (Phi) is 8.60. The van der Waals surface area contributed by atoms with Crippen molar-refractivity contribution in [1.82, 2.24) is 4.72 Å². The maximum atomic E-state index is 12.9. The van der Waals surface area contributed by atoms with Crippen molar-refractivity contribution in [2.75, 3.05) is 0 Å². The molecule has 6 nitrogen and oxygen atoms in total. The predicted molar refractivity (Wildman–Crippen MR) is 120 cm³/mol. The molecule has 0 fully saturated rings. The molecule has 0 aromatic heterocycles. The third-order valence-corrected chi connectivity index (χ3v) is 8.30. The Morgan fingerprint density at radius 3 is 2.03 bits per heavy atom. The minimum Gasteiger partial charge on any atom is -0.265 e. The topological polar surface area (TPSA) is 89.5 Å². The lowest BCUT2D eigenvalue weighted by Gasteiger charge is -2.31. The fourth-order valence-corrected chi connectivity index (χ4v) is 6.64. The van der Waals surface area contributed by atoms with Crippen LogP contribution in [0.1, 0.15) is 24.5 Å². The Balaban J connectivity index is 2.32. The van der Waals surface area contributed by atoms with Crippen molar-refractivity contribution in [2.24, 2.45) is 0 Å². The number of hydrogen-bond donors (Lipinski definition) is 1. The molecule has 0 aliphatic carbocycles. The summed E-state index contributed by atoms with van der Waals surface area (Å²) in [7, 11) is -8.46. The van der Waals surface area contributed by atoms with Gasteiger partial charge in [-0.15, -0.1) is 0 Å². The molecule has 2 aromatic carbocycles. The molecule has 11 heteroatoms. The van der Waals surface area contributed by atoms with Crippen molar-refractivity contribution in [3.63, 3.8) is 0 Å². The highest BCUT2D eigenvalue weighted by Gasteiger charge is 2.46. The number of hydrogen-bond acceptors (Lipinski definition) is 5. The summed E-state index contributed by atoms with van der Waals surface area (Å²) < 4.78 is 56.5. The zero-order valence-electron chi connectivity index (χ0n) is 16.3. The van der Waals surface area contributed by atoms with Crippen molar-refractivity contribution >= 4 is 54.9 Å². The van der Waals surface area contributed by atoms with Crippen molar-refractivity contribution in [3.8, 4) is 0 Å². The quantitative estimate of drug-likeness (QED) is 0.397. The number of nitrogens with one attached hydrogen (secondary N) is 1. The fourth-order valence-electron chi connectivity index (χ4n) is 2.72. The van der Waals surface area contributed by atoms with E-state index in [9.17, 15) is 16.8 Å². The number of benzene rings is 2. The molecule has 0 aliphatic heterocycles. The third-order valence-electron chi connectivity index (χ3n) is 4.34. The molecule has 0 bridgehead atoms. The van der Waals surface area contributed by atoms with Crippen LogP contribution in [0.15, 0.2) is 59.5 Å². The van der Waals surface area contributed by atoms with Gasteiger partial charge in [0, 0.05) is 0 Å². The van der Waals surface area contributed by atoms with Crippen molar-refractivity contribution in [2.45, 2.75) is 46.9 Å². The molecule has 1 N–H and O–H groups in total. The lowest BCUT2D eigenvalue weighted by atomic mass is 10.2. The Morgan fingerprint density at radius 2 is 1.53 bits per heavy atom. The summed E-state index contributed by atoms with van der Waals surface area (Å²) in [6.45, 7) is 3.12. The van der Waals surface area contributed by atoms with Gasteiger partial charge in [0.15, 0.2) is 0 Å². The average Bonchev–Trinajstić information content (AvgIpc) is 2.66. The van der Waals surface area contributed by atoms with E-state index in [0.29, 0.717) is 5.56 Å². The second kappa shape index (κ2) is 10.2. The van der Waals surface area contributed by atoms with Gasteiger partial charge in [-0.1, -0.05) is 89.8 Å². The van der Waals surface area contributed by atoms with Gasteiger partial charge in [-0.05, 0) is 31.0 Å². The molecule has 0 unspecified atom stereocenters. The molecule has 0 saturated carbocycles. The van der Waals surface area contributed by atoms with E-state index in [2.05, 4.69) is 4.72 Å². The Hall–Kier alpha value is -0.870. The number of alkyl halides is 3. The first-order chi connectivity index (χ1) is 13.9. The lowest BCUT2D eigenvalue weighted by molar-refractivity contribution is 0.295. The number of halogens is 3. The van der Waals surface area contributed by atoms with E-state index in [1.807, 2.05) is 0 Å². The van der Waals surface area contributed by atoms with Gasteiger partial charge in [0.05, 0.1) is 17.5 Å². The standard InChI is InChI=1S/C19H22Cl3NO5S2/c1-3-17(30(26,27)28-13-15-7-5-4-6-8-15)18(19(20,21)22)23-29(24,25)16-11-9-14(2)10-12-16/h4-12,17-18,23H,3,13H2,1-2H3/t17-,18-/m1/s1. The van der Waals surface area contributed by atoms with Crippen LogP contribution in [-0.4, -0.2) is 31.9 Å². The largest absolute Gasteiger partial charge is 0.272 e. The van der Waals surface area contributed by atoms with Crippen LogP contribution >= 0.6 is 34.8 Å². The first-order valence-corrected chi connectivity index (χ1v) is 13.0. The van der Waals surface area contributed by atoms with E-state index in [1.54, 1.807) is 49.4 Å². The molecule has 0 aliphatic rings. The van der Waals surface area contributed by atoms with Crippen molar-refractivity contribution in [3.05, 3.63) is 65.7 Å². The SMILES string of the molecule is CC[C@H]([C@@H](NS(=O)(=O)c1ccc(C)cc1)C(Cl)(Cl)Cl)S(=O)(=O)OCc1ccccc1. The Morgan fingerprint density at radius 1 is 0.967 bits per heavy atom. The highest BCUT2D eigenvalue weighted by Crippen LogP contribution is 2.36. The van der Waals surface area contributed by atoms with Gasteiger partial charge in [0.25, 0.3) is 10.1 Å². The van der Waals surface area contributed by atoms with Crippen molar-refractivity contribution in [1.29, 1.82) is 0 Å². The van der Waals surface area contributed by atoms with Crippen LogP contribution in [-0.2, 0) is 30.9 Å². The molecule has 2 atom stereocenters. The normalized spacial score (nSPS) is 15.0. The number of rotatable bonds is 9. The number of sulfonamides is 1. The molecule has 30 heavy (non-hydrogen) atoms. The van der Waals surface area contributed by atoms with E-state index in [0.717, 1.165) is 5.56 Å². The Bertz CT molecular complexity index is 1040. The summed E-state index contributed by atoms with van der Waals surface area (Å²) in [6, 6.07) is 13.1. The fraction of sp³-hybridized carbons (Fsp3) is 0.368. The van der Waals surface area contributed by atoms with Crippen LogP contribution in [0.2, 0.25) is 0 Å². The molecule has 0 radical (unpaired) electrons. The molecule has 166 valence electrons. The minimum absolute atomic E-state index is 0.0495. The zero-order chi connectivity index (χ0) is 22.6. The van der Waals surface area contributed by atoms with Gasteiger partial charge in [0.1, 0.15) is 5.25 Å². The molecule has 2 aromatic rings. The summed E-state index contributed by atoms with van der Waals surface area (Å²) in [6.07, 6.45) is -0.0495. The maximum absolute atomic E-state index is 12.9. The van der Waals surface area contributed by atoms with Crippen LogP contribution in [0, 0.1) is 6.92 Å². The molecule has 0 amide bonds. The van der Waals surface area contributed by atoms with E-state index < -0.39 is 35.2 Å². The van der Waals surface area contributed by atoms with Crippen LogP contribution in [0.5, 0.6) is 0 Å². The van der Waals surface area contributed by atoms with Gasteiger partial charge in [-0.2, -0.15) is 8.42 Å². The first kappa shape index (κ1) is 25.4. The molecular weight excluding hydrogens is 493 g/mol. The summed E-state index contributed by atoms with van der Waals surface area (Å²) in [4.78, 5) is -0.0789. The van der Waals surface area contributed by atoms with Gasteiger partial charge < -0.3 is 0 Å². The third kappa shape index (κ3) is 6.82. The number of aryl methyl sites for hydroxylation is 1. The molecule has 0 spiro atoms. The van der Waals surface area contributed by atoms with Crippen LogP contribution in [0.3, 0.4) is 0 Å². The molecule has 2 rings (SSSR count). The second-order valence-electron chi connectivity index (χ2n) is 6.64. The van der Waals surface area contributed by atoms with E-state index in [4.69, 9.17) is 39.0 Å². The van der Waals surface area contributed by atoms with Crippen molar-refractivity contribution < 1.29 is 21.0 Å². The zero-order valence-corrected chi connectivity index (χ0v) is 20.2. The lowest BCUT2D eigenvalue weighted by Crippen LogP contribution is -2.54. The smallest absolute Gasteiger partial charge is 0.265 e. The summed E-state index contributed by atoms with van der Waals surface area (Å²) in [5.74, 6) is 0. The molecule has 0 heterocycles. The summed E-state index contributed by atoms with van der Waals surface area (Å²) in [5.41, 5.74) is 1.48. The highest BCUT2D eigenvalue weighted by atomic mass is 35.6. The maximum Gasteiger partial charge on any atom is 0.272 e. The molecular formula is C19H22Cl3NO5S2. The minimum atomic E-state index is -4.29. The van der Waals surface area contributed by atoms with Gasteiger partial charge >= 0.3 is 0 Å². The average molecular weight is 515 g/mol. The first-order valence-electron chi connectivity index (χ1n) is 8.94. The predicted octanol–water partition coefficient (Wildman–Crippen LogP) is 4.34. The van der Waals surface area contributed by atoms with E-state index >= 15 is 0 Å². The van der Waals surface area contributed by atoms with E-state index in [1.165, 1.54) is 19.1 Å². The monoisotopic (exact) mass is 513 g/mol.